The molecule has 0 saturated carbocycles. The molecule has 0 aromatic carbocycles. The lowest BCUT2D eigenvalue weighted by Crippen LogP contribution is -2.49. The maximum Gasteiger partial charge on any atom is 0.244 e. The molecule has 0 unspecified atom stereocenters. The molecule has 1 heterocycles. The van der Waals surface area contributed by atoms with Gasteiger partial charge in [-0.1, -0.05) is 13.8 Å². The van der Waals surface area contributed by atoms with Crippen LogP contribution in [0.1, 0.15) is 32.4 Å². The lowest BCUT2D eigenvalue weighted by molar-refractivity contribution is -0.119. The number of nitrogens with one attached hydrogen (secondary N) is 1. The zero-order valence-electron chi connectivity index (χ0n) is 10.6. The summed E-state index contributed by atoms with van der Waals surface area (Å²) in [4.78, 5) is 11.8. The van der Waals surface area contributed by atoms with Crippen LogP contribution in [0.5, 0.6) is 0 Å². The summed E-state index contributed by atoms with van der Waals surface area (Å²) in [6.07, 6.45) is 4.37. The molecule has 1 aromatic rings. The van der Waals surface area contributed by atoms with E-state index < -0.39 is 5.54 Å². The predicted molar refractivity (Wildman–Crippen MR) is 74.0 cm³/mol. The zero-order valence-corrected chi connectivity index (χ0v) is 12.2. The van der Waals surface area contributed by atoms with Crippen LogP contribution < -0.4 is 5.32 Å². The monoisotopic (exact) mass is 315 g/mol. The van der Waals surface area contributed by atoms with Gasteiger partial charge in [-0.05, 0) is 47.0 Å². The third-order valence-corrected chi connectivity index (χ3v) is 3.46. The normalized spacial score (nSPS) is 12.0. The molecule has 1 amide bonds. The van der Waals surface area contributed by atoms with Gasteiger partial charge < -0.3 is 14.8 Å². The van der Waals surface area contributed by atoms with E-state index in [-0.39, 0.29) is 12.5 Å². The fourth-order valence-electron chi connectivity index (χ4n) is 1.57. The van der Waals surface area contributed by atoms with E-state index in [1.54, 1.807) is 18.2 Å². The summed E-state index contributed by atoms with van der Waals surface area (Å²) in [5, 5.41) is 12.2. The molecule has 0 aliphatic heterocycles. The summed E-state index contributed by atoms with van der Waals surface area (Å²) < 4.78 is 5.86. The molecule has 0 atom stereocenters. The molecule has 0 aliphatic carbocycles. The lowest BCUT2D eigenvalue weighted by atomic mass is 9.94. The molecule has 0 radical (unpaired) electrons. The molecule has 1 rings (SSSR count). The number of aliphatic hydroxyl groups excluding tert-OH is 1. The molecule has 0 bridgehead atoms. The summed E-state index contributed by atoms with van der Waals surface area (Å²) in [5.74, 6) is 0.361. The van der Waals surface area contributed by atoms with Crippen LogP contribution in [0.4, 0.5) is 0 Å². The van der Waals surface area contributed by atoms with Gasteiger partial charge in [-0.3, -0.25) is 4.79 Å². The molecule has 0 fully saturated rings. The number of amides is 1. The van der Waals surface area contributed by atoms with E-state index in [0.29, 0.717) is 23.3 Å². The van der Waals surface area contributed by atoms with Crippen molar-refractivity contribution >= 4 is 27.9 Å². The van der Waals surface area contributed by atoms with Crippen molar-refractivity contribution in [2.75, 3.05) is 6.61 Å². The number of halogens is 1. The van der Waals surface area contributed by atoms with Crippen LogP contribution in [0.2, 0.25) is 0 Å². The second kappa shape index (κ2) is 6.75. The van der Waals surface area contributed by atoms with E-state index in [1.165, 1.54) is 6.08 Å². The highest BCUT2D eigenvalue weighted by molar-refractivity contribution is 9.10. The number of carbonyl (C=O) groups excluding carboxylic acids is 1. The van der Waals surface area contributed by atoms with Gasteiger partial charge in [0.1, 0.15) is 5.76 Å². The summed E-state index contributed by atoms with van der Waals surface area (Å²) in [6, 6.07) is 3.51. The van der Waals surface area contributed by atoms with Crippen LogP contribution in [0.25, 0.3) is 6.08 Å². The fraction of sp³-hybridized carbons (Fsp3) is 0.462. The Hall–Kier alpha value is -1.07. The van der Waals surface area contributed by atoms with Crippen LogP contribution in [-0.2, 0) is 4.79 Å². The Morgan fingerprint density at radius 1 is 1.50 bits per heavy atom. The van der Waals surface area contributed by atoms with Crippen molar-refractivity contribution in [2.45, 2.75) is 32.2 Å². The standard InChI is InChI=1S/C13H18BrNO3/c1-3-13(4-2,9-16)15-12(17)8-6-10-5-7-11(14)18-10/h5-8,16H,3-4,9H2,1-2H3,(H,15,17). The first kappa shape index (κ1) is 15.0. The number of aliphatic hydroxyl groups is 1. The van der Waals surface area contributed by atoms with E-state index in [2.05, 4.69) is 21.2 Å². The summed E-state index contributed by atoms with van der Waals surface area (Å²) >= 11 is 3.19. The largest absolute Gasteiger partial charge is 0.450 e. The average molecular weight is 316 g/mol. The first-order valence-electron chi connectivity index (χ1n) is 5.91. The van der Waals surface area contributed by atoms with Gasteiger partial charge in [0.05, 0.1) is 12.1 Å². The Labute approximate surface area is 115 Å². The minimum Gasteiger partial charge on any atom is -0.450 e. The van der Waals surface area contributed by atoms with Crippen molar-refractivity contribution in [3.05, 3.63) is 28.6 Å². The van der Waals surface area contributed by atoms with Crippen LogP contribution in [-0.4, -0.2) is 23.2 Å². The molecule has 0 saturated heterocycles. The highest BCUT2D eigenvalue weighted by atomic mass is 79.9. The first-order valence-corrected chi connectivity index (χ1v) is 6.71. The van der Waals surface area contributed by atoms with Crippen molar-refractivity contribution in [2.24, 2.45) is 0 Å². The molecule has 18 heavy (non-hydrogen) atoms. The first-order chi connectivity index (χ1) is 8.55. The smallest absolute Gasteiger partial charge is 0.244 e. The minimum atomic E-state index is -0.537. The van der Waals surface area contributed by atoms with Crippen LogP contribution in [0.3, 0.4) is 0 Å². The average Bonchev–Trinajstić information content (AvgIpc) is 2.80. The topological polar surface area (TPSA) is 62.5 Å². The molecule has 1 aromatic heterocycles. The third-order valence-electron chi connectivity index (χ3n) is 3.04. The lowest BCUT2D eigenvalue weighted by Gasteiger charge is -2.30. The molecular weight excluding hydrogens is 298 g/mol. The number of furan rings is 1. The number of rotatable bonds is 6. The van der Waals surface area contributed by atoms with Crippen LogP contribution in [0.15, 0.2) is 27.3 Å². The quantitative estimate of drug-likeness (QED) is 0.793. The van der Waals surface area contributed by atoms with Crippen molar-refractivity contribution in [3.8, 4) is 0 Å². The minimum absolute atomic E-state index is 0.0636. The maximum absolute atomic E-state index is 11.8. The van der Waals surface area contributed by atoms with Crippen LogP contribution in [0, 0.1) is 0 Å². The SMILES string of the molecule is CCC(CC)(CO)NC(=O)C=Cc1ccc(Br)o1. The van der Waals surface area contributed by atoms with Gasteiger partial charge in [0.25, 0.3) is 0 Å². The fourth-order valence-corrected chi connectivity index (χ4v) is 1.89. The summed E-state index contributed by atoms with van der Waals surface area (Å²) in [6.45, 7) is 3.81. The molecule has 4 nitrogen and oxygen atoms in total. The van der Waals surface area contributed by atoms with E-state index in [9.17, 15) is 9.90 Å². The Morgan fingerprint density at radius 2 is 2.17 bits per heavy atom. The van der Waals surface area contributed by atoms with Gasteiger partial charge >= 0.3 is 0 Å². The summed E-state index contributed by atoms with van der Waals surface area (Å²) in [7, 11) is 0. The number of hydrogen-bond donors (Lipinski definition) is 2. The van der Waals surface area contributed by atoms with Gasteiger partial charge in [-0.2, -0.15) is 0 Å². The van der Waals surface area contributed by atoms with Gasteiger partial charge in [-0.15, -0.1) is 0 Å². The summed E-state index contributed by atoms with van der Waals surface area (Å²) in [5.41, 5.74) is -0.537. The van der Waals surface area contributed by atoms with E-state index >= 15 is 0 Å². The molecule has 0 aliphatic rings. The van der Waals surface area contributed by atoms with Gasteiger partial charge in [0, 0.05) is 6.08 Å². The third kappa shape index (κ3) is 3.99. The van der Waals surface area contributed by atoms with Gasteiger partial charge in [-0.25, -0.2) is 0 Å². The molecular formula is C13H18BrNO3. The van der Waals surface area contributed by atoms with Crippen molar-refractivity contribution in [3.63, 3.8) is 0 Å². The van der Waals surface area contributed by atoms with E-state index in [4.69, 9.17) is 4.42 Å². The van der Waals surface area contributed by atoms with Gasteiger partial charge in [0.15, 0.2) is 4.67 Å². The van der Waals surface area contributed by atoms with Gasteiger partial charge in [0.2, 0.25) is 5.91 Å². The van der Waals surface area contributed by atoms with Crippen molar-refractivity contribution in [1.82, 2.24) is 5.32 Å². The predicted octanol–water partition coefficient (Wildman–Crippen LogP) is 2.72. The number of hydrogen-bond acceptors (Lipinski definition) is 3. The van der Waals surface area contributed by atoms with E-state index in [1.807, 2.05) is 13.8 Å². The molecule has 2 N–H and O–H groups in total. The Bertz CT molecular complexity index is 413. The Kier molecular flexibility index (Phi) is 5.62. The van der Waals surface area contributed by atoms with Crippen molar-refractivity contribution < 1.29 is 14.3 Å². The Balaban J connectivity index is 2.63. The molecule has 5 heteroatoms. The molecule has 100 valence electrons. The van der Waals surface area contributed by atoms with Crippen LogP contribution >= 0.6 is 15.9 Å². The second-order valence-electron chi connectivity index (χ2n) is 4.11. The molecule has 0 spiro atoms. The Morgan fingerprint density at radius 3 is 2.61 bits per heavy atom. The number of carbonyl (C=O) groups is 1. The second-order valence-corrected chi connectivity index (χ2v) is 4.89. The zero-order chi connectivity index (χ0) is 13.6. The van der Waals surface area contributed by atoms with Crippen molar-refractivity contribution in [1.29, 1.82) is 0 Å². The van der Waals surface area contributed by atoms with E-state index in [0.717, 1.165) is 0 Å². The highest BCUT2D eigenvalue weighted by Crippen LogP contribution is 2.16. The highest BCUT2D eigenvalue weighted by Gasteiger charge is 2.26. The maximum atomic E-state index is 11.8.